The van der Waals surface area contributed by atoms with E-state index in [1.807, 2.05) is 37.3 Å². The fraction of sp³-hybridized carbons (Fsp3) is 0.269. The second-order valence-electron chi connectivity index (χ2n) is 8.70. The fourth-order valence-electron chi connectivity index (χ4n) is 4.39. The molecule has 2 aromatic heterocycles. The molecular weight excluding hydrogens is 513 g/mol. The first-order valence-corrected chi connectivity index (χ1v) is 15.1. The first-order chi connectivity index (χ1) is 17.4. The Hall–Kier alpha value is -2.79. The minimum Gasteiger partial charge on any atom is -0.325 e. The fourth-order valence-corrected chi connectivity index (χ4v) is 7.89. The van der Waals surface area contributed by atoms with Crippen LogP contribution in [0.4, 0.5) is 5.69 Å². The van der Waals surface area contributed by atoms with E-state index < -0.39 is 10.0 Å². The summed E-state index contributed by atoms with van der Waals surface area (Å²) in [5.41, 5.74) is 2.69. The topological polar surface area (TPSA) is 92.3 Å². The standard InChI is InChI=1S/C26H26N4O3S3/c1-18-7-5-6-14-30(18)36(32,33)21-12-10-20(11-13-21)29-23(31)16-35-26-24-22(19-8-3-2-4-9-19)15-34-25(24)27-17-28-26/h2-4,8-13,15,17-18H,5-7,14,16H2,1H3,(H,29,31). The quantitative estimate of drug-likeness (QED) is 0.241. The lowest BCUT2D eigenvalue weighted by molar-refractivity contribution is -0.113. The summed E-state index contributed by atoms with van der Waals surface area (Å²) in [6, 6.07) is 16.5. The van der Waals surface area contributed by atoms with Gasteiger partial charge in [0.25, 0.3) is 0 Å². The minimum absolute atomic E-state index is 0.000879. The second-order valence-corrected chi connectivity index (χ2v) is 12.4. The number of nitrogens with zero attached hydrogens (tertiary/aromatic N) is 3. The van der Waals surface area contributed by atoms with Gasteiger partial charge in [0.15, 0.2) is 0 Å². The lowest BCUT2D eigenvalue weighted by Crippen LogP contribution is -2.41. The third-order valence-electron chi connectivity index (χ3n) is 6.25. The second kappa shape index (κ2) is 10.7. The molecule has 0 aliphatic carbocycles. The summed E-state index contributed by atoms with van der Waals surface area (Å²) >= 11 is 2.91. The maximum Gasteiger partial charge on any atom is 0.243 e. The Balaban J connectivity index is 1.26. The van der Waals surface area contributed by atoms with Crippen LogP contribution < -0.4 is 5.32 Å². The highest BCUT2D eigenvalue weighted by molar-refractivity contribution is 8.00. The van der Waals surface area contributed by atoms with Crippen molar-refractivity contribution >= 4 is 54.9 Å². The largest absolute Gasteiger partial charge is 0.325 e. The molecule has 186 valence electrons. The Kier molecular flexibility index (Phi) is 7.38. The van der Waals surface area contributed by atoms with Gasteiger partial charge in [0, 0.05) is 29.2 Å². The molecule has 1 unspecified atom stereocenters. The summed E-state index contributed by atoms with van der Waals surface area (Å²) < 4.78 is 27.6. The van der Waals surface area contributed by atoms with E-state index in [2.05, 4.69) is 20.7 Å². The number of carbonyl (C=O) groups is 1. The predicted octanol–water partition coefficient (Wildman–Crippen LogP) is 5.65. The molecule has 5 rings (SSSR count). The van der Waals surface area contributed by atoms with Crippen LogP contribution in [0.3, 0.4) is 0 Å². The normalized spacial score (nSPS) is 16.8. The van der Waals surface area contributed by atoms with Crippen molar-refractivity contribution in [3.8, 4) is 11.1 Å². The highest BCUT2D eigenvalue weighted by atomic mass is 32.2. The molecule has 10 heteroatoms. The zero-order chi connectivity index (χ0) is 25.1. The predicted molar refractivity (Wildman–Crippen MR) is 146 cm³/mol. The summed E-state index contributed by atoms with van der Waals surface area (Å²) in [4.78, 5) is 22.6. The Morgan fingerprint density at radius 1 is 1.11 bits per heavy atom. The summed E-state index contributed by atoms with van der Waals surface area (Å²) in [6.07, 6.45) is 4.33. The maximum atomic E-state index is 13.0. The van der Waals surface area contributed by atoms with Crippen LogP contribution in [-0.2, 0) is 14.8 Å². The number of thiophene rings is 1. The zero-order valence-corrected chi connectivity index (χ0v) is 22.2. The Morgan fingerprint density at radius 2 is 1.89 bits per heavy atom. The van der Waals surface area contributed by atoms with Gasteiger partial charge in [-0.15, -0.1) is 11.3 Å². The summed E-state index contributed by atoms with van der Waals surface area (Å²) in [5, 5.41) is 6.64. The number of sulfonamides is 1. The number of piperidine rings is 1. The molecule has 4 aromatic rings. The summed E-state index contributed by atoms with van der Waals surface area (Å²) in [7, 11) is -3.54. The van der Waals surface area contributed by atoms with Gasteiger partial charge in [0.1, 0.15) is 16.2 Å². The first-order valence-electron chi connectivity index (χ1n) is 11.8. The summed E-state index contributed by atoms with van der Waals surface area (Å²) in [6.45, 7) is 2.50. The minimum atomic E-state index is -3.54. The van der Waals surface area contributed by atoms with Crippen molar-refractivity contribution in [3.05, 3.63) is 66.3 Å². The lowest BCUT2D eigenvalue weighted by atomic mass is 10.1. The van der Waals surface area contributed by atoms with E-state index in [0.717, 1.165) is 45.6 Å². The monoisotopic (exact) mass is 538 g/mol. The van der Waals surface area contributed by atoms with Gasteiger partial charge in [-0.3, -0.25) is 4.79 Å². The summed E-state index contributed by atoms with van der Waals surface area (Å²) in [5.74, 6) is -0.0230. The Labute approximate surface area is 219 Å². The van der Waals surface area contributed by atoms with E-state index in [-0.39, 0.29) is 22.6 Å². The first kappa shape index (κ1) is 24.9. The number of benzene rings is 2. The van der Waals surface area contributed by atoms with Crippen molar-refractivity contribution in [3.63, 3.8) is 0 Å². The van der Waals surface area contributed by atoms with E-state index in [9.17, 15) is 13.2 Å². The average molecular weight is 539 g/mol. The molecular formula is C26H26N4O3S3. The smallest absolute Gasteiger partial charge is 0.243 e. The van der Waals surface area contributed by atoms with Crippen molar-refractivity contribution in [2.45, 2.75) is 42.1 Å². The van der Waals surface area contributed by atoms with Crippen LogP contribution in [-0.4, -0.2) is 46.9 Å². The van der Waals surface area contributed by atoms with Crippen LogP contribution in [0.1, 0.15) is 26.2 Å². The van der Waals surface area contributed by atoms with Crippen LogP contribution in [0.25, 0.3) is 21.3 Å². The van der Waals surface area contributed by atoms with Crippen molar-refractivity contribution < 1.29 is 13.2 Å². The van der Waals surface area contributed by atoms with E-state index in [4.69, 9.17) is 0 Å². The average Bonchev–Trinajstić information content (AvgIpc) is 3.33. The molecule has 7 nitrogen and oxygen atoms in total. The number of aromatic nitrogens is 2. The van der Waals surface area contributed by atoms with Crippen LogP contribution in [0, 0.1) is 0 Å². The number of carbonyl (C=O) groups excluding carboxylic acids is 1. The van der Waals surface area contributed by atoms with Gasteiger partial charge in [0.05, 0.1) is 16.0 Å². The van der Waals surface area contributed by atoms with Crippen LogP contribution in [0.5, 0.6) is 0 Å². The van der Waals surface area contributed by atoms with Crippen LogP contribution in [0.15, 0.2) is 76.2 Å². The molecule has 1 amide bonds. The molecule has 1 aliphatic heterocycles. The molecule has 0 bridgehead atoms. The van der Waals surface area contributed by atoms with E-state index >= 15 is 0 Å². The van der Waals surface area contributed by atoms with Gasteiger partial charge < -0.3 is 5.32 Å². The highest BCUT2D eigenvalue weighted by Crippen LogP contribution is 2.37. The van der Waals surface area contributed by atoms with E-state index in [0.29, 0.717) is 12.2 Å². The van der Waals surface area contributed by atoms with E-state index in [1.165, 1.54) is 18.1 Å². The number of thioether (sulfide) groups is 1. The lowest BCUT2D eigenvalue weighted by Gasteiger charge is -2.32. The number of nitrogens with one attached hydrogen (secondary N) is 1. The number of fused-ring (bicyclic) bond motifs is 1. The SMILES string of the molecule is CC1CCCCN1S(=O)(=O)c1ccc(NC(=O)CSc2ncnc3scc(-c4ccccc4)c23)cc1. The number of hydrogen-bond donors (Lipinski definition) is 1. The van der Waals surface area contributed by atoms with Crippen molar-refractivity contribution in [2.75, 3.05) is 17.6 Å². The van der Waals surface area contributed by atoms with Gasteiger partial charge in [-0.2, -0.15) is 4.31 Å². The molecule has 3 heterocycles. The Bertz CT molecular complexity index is 1470. The van der Waals surface area contributed by atoms with Gasteiger partial charge in [-0.05, 0) is 49.6 Å². The number of hydrogen-bond acceptors (Lipinski definition) is 7. The molecule has 1 atom stereocenters. The molecule has 1 aliphatic rings. The third kappa shape index (κ3) is 5.17. The van der Waals surface area contributed by atoms with Gasteiger partial charge >= 0.3 is 0 Å². The molecule has 36 heavy (non-hydrogen) atoms. The van der Waals surface area contributed by atoms with E-state index in [1.54, 1.807) is 39.9 Å². The number of amides is 1. The van der Waals surface area contributed by atoms with Crippen molar-refractivity contribution in [1.29, 1.82) is 0 Å². The molecule has 0 saturated carbocycles. The highest BCUT2D eigenvalue weighted by Gasteiger charge is 2.30. The molecule has 1 fully saturated rings. The van der Waals surface area contributed by atoms with Crippen molar-refractivity contribution in [1.82, 2.24) is 14.3 Å². The number of anilines is 1. The molecule has 1 saturated heterocycles. The van der Waals surface area contributed by atoms with Crippen molar-refractivity contribution in [2.24, 2.45) is 0 Å². The third-order valence-corrected chi connectivity index (χ3v) is 10.2. The molecule has 2 aromatic carbocycles. The van der Waals surface area contributed by atoms with Crippen LogP contribution in [0.2, 0.25) is 0 Å². The Morgan fingerprint density at radius 3 is 2.64 bits per heavy atom. The zero-order valence-electron chi connectivity index (χ0n) is 19.8. The van der Waals surface area contributed by atoms with Gasteiger partial charge in [-0.25, -0.2) is 18.4 Å². The molecule has 0 radical (unpaired) electrons. The van der Waals surface area contributed by atoms with Gasteiger partial charge in [0.2, 0.25) is 15.9 Å². The van der Waals surface area contributed by atoms with Gasteiger partial charge in [-0.1, -0.05) is 48.5 Å². The molecule has 1 N–H and O–H groups in total. The van der Waals surface area contributed by atoms with Crippen LogP contribution >= 0.6 is 23.1 Å². The number of rotatable bonds is 7. The molecule has 0 spiro atoms. The maximum absolute atomic E-state index is 13.0.